The number of thiazole rings is 1. The molecule has 3 rings (SSSR count). The Kier molecular flexibility index (Phi) is 10.2. The molecule has 0 aliphatic heterocycles. The molecule has 32 heavy (non-hydrogen) atoms. The number of guanidine groups is 1. The molecule has 0 saturated carbocycles. The zero-order valence-corrected chi connectivity index (χ0v) is 20.4. The monoisotopic (exact) mass is 577 g/mol. The van der Waals surface area contributed by atoms with Crippen molar-refractivity contribution in [1.29, 1.82) is 0 Å². The van der Waals surface area contributed by atoms with E-state index in [2.05, 4.69) is 25.6 Å². The summed E-state index contributed by atoms with van der Waals surface area (Å²) in [5, 5.41) is 7.41. The second kappa shape index (κ2) is 12.6. The van der Waals surface area contributed by atoms with Gasteiger partial charge in [0.25, 0.3) is 0 Å². The van der Waals surface area contributed by atoms with E-state index in [1.54, 1.807) is 6.20 Å². The van der Waals surface area contributed by atoms with Crippen LogP contribution >= 0.6 is 35.3 Å². The van der Waals surface area contributed by atoms with Crippen LogP contribution < -0.4 is 15.4 Å². The molecule has 172 valence electrons. The van der Waals surface area contributed by atoms with Crippen LogP contribution in [0.5, 0.6) is 5.88 Å². The molecule has 1 aromatic carbocycles. The van der Waals surface area contributed by atoms with E-state index in [4.69, 9.17) is 4.74 Å². The predicted octanol–water partition coefficient (Wildman–Crippen LogP) is 5.01. The zero-order valence-electron chi connectivity index (χ0n) is 17.2. The molecule has 6 nitrogen and oxygen atoms in total. The van der Waals surface area contributed by atoms with Crippen LogP contribution in [0, 0.1) is 0 Å². The van der Waals surface area contributed by atoms with Crippen molar-refractivity contribution in [1.82, 2.24) is 20.6 Å². The molecule has 3 aromatic rings. The number of nitrogens with zero attached hydrogens (tertiary/aromatic N) is 3. The average Bonchev–Trinajstić information content (AvgIpc) is 3.25. The molecule has 0 aliphatic carbocycles. The molecule has 0 atom stereocenters. The number of rotatable bonds is 8. The summed E-state index contributed by atoms with van der Waals surface area (Å²) >= 11 is 0.955. The van der Waals surface area contributed by atoms with Gasteiger partial charge >= 0.3 is 6.18 Å². The third-order valence-electron chi connectivity index (χ3n) is 4.04. The van der Waals surface area contributed by atoms with Crippen LogP contribution in [0.4, 0.5) is 13.2 Å². The van der Waals surface area contributed by atoms with Gasteiger partial charge in [-0.15, -0.1) is 35.3 Å². The Balaban J connectivity index is 0.00000363. The van der Waals surface area contributed by atoms with Gasteiger partial charge < -0.3 is 15.4 Å². The first kappa shape index (κ1) is 25.8. The van der Waals surface area contributed by atoms with Crippen molar-refractivity contribution in [2.24, 2.45) is 4.99 Å². The lowest BCUT2D eigenvalue weighted by Crippen LogP contribution is -2.36. The summed E-state index contributed by atoms with van der Waals surface area (Å²) in [6.45, 7) is 3.43. The highest BCUT2D eigenvalue weighted by Gasteiger charge is 2.33. The van der Waals surface area contributed by atoms with E-state index in [0.29, 0.717) is 36.5 Å². The molecule has 0 radical (unpaired) electrons. The van der Waals surface area contributed by atoms with Crippen molar-refractivity contribution in [3.8, 4) is 5.88 Å². The van der Waals surface area contributed by atoms with E-state index >= 15 is 0 Å². The van der Waals surface area contributed by atoms with Crippen LogP contribution in [0.2, 0.25) is 0 Å². The number of benzene rings is 1. The second-order valence-corrected chi connectivity index (χ2v) is 7.39. The van der Waals surface area contributed by atoms with Crippen LogP contribution in [0.1, 0.15) is 28.8 Å². The van der Waals surface area contributed by atoms with Crippen LogP contribution in [-0.4, -0.2) is 22.5 Å². The summed E-state index contributed by atoms with van der Waals surface area (Å²) in [6, 6.07) is 13.4. The lowest BCUT2D eigenvalue weighted by atomic mass is 10.2. The molecule has 0 saturated heterocycles. The van der Waals surface area contributed by atoms with E-state index in [-0.39, 0.29) is 30.5 Å². The first-order chi connectivity index (χ1) is 14.9. The molecule has 0 fully saturated rings. The summed E-state index contributed by atoms with van der Waals surface area (Å²) in [7, 11) is 0. The Bertz CT molecular complexity index is 998. The van der Waals surface area contributed by atoms with Crippen molar-refractivity contribution < 1.29 is 17.9 Å². The van der Waals surface area contributed by atoms with E-state index in [1.807, 2.05) is 49.4 Å². The second-order valence-electron chi connectivity index (χ2n) is 6.45. The first-order valence-electron chi connectivity index (χ1n) is 9.59. The summed E-state index contributed by atoms with van der Waals surface area (Å²) in [5.74, 6) is 0.979. The Morgan fingerprint density at radius 3 is 2.59 bits per heavy atom. The van der Waals surface area contributed by atoms with Gasteiger partial charge in [0.05, 0.1) is 13.1 Å². The minimum Gasteiger partial charge on any atom is -0.473 e. The van der Waals surface area contributed by atoms with Gasteiger partial charge in [-0.2, -0.15) is 13.2 Å². The predicted molar refractivity (Wildman–Crippen MR) is 129 cm³/mol. The molecule has 2 heterocycles. The minimum atomic E-state index is -4.44. The van der Waals surface area contributed by atoms with Gasteiger partial charge in [0.2, 0.25) is 5.88 Å². The first-order valence-corrected chi connectivity index (χ1v) is 10.5. The fraction of sp³-hybridized carbons (Fsp3) is 0.286. The summed E-state index contributed by atoms with van der Waals surface area (Å²) in [4.78, 5) is 12.3. The third-order valence-corrected chi connectivity index (χ3v) is 4.89. The zero-order chi connectivity index (χ0) is 22.1. The maximum absolute atomic E-state index is 12.7. The molecule has 0 spiro atoms. The number of alkyl halides is 3. The third kappa shape index (κ3) is 8.26. The average molecular weight is 577 g/mol. The number of aliphatic imine (C=N–C) groups is 1. The normalized spacial score (nSPS) is 11.6. The van der Waals surface area contributed by atoms with Crippen LogP contribution in [0.25, 0.3) is 0 Å². The quantitative estimate of drug-likeness (QED) is 0.224. The lowest BCUT2D eigenvalue weighted by Gasteiger charge is -2.10. The summed E-state index contributed by atoms with van der Waals surface area (Å²) in [5.41, 5.74) is 1.06. The Morgan fingerprint density at radius 2 is 1.91 bits per heavy atom. The van der Waals surface area contributed by atoms with E-state index in [0.717, 1.165) is 27.8 Å². The van der Waals surface area contributed by atoms with Crippen LogP contribution in [-0.2, 0) is 25.9 Å². The standard InChI is InChI=1S/C21H22F3N5OS.HI/c1-2-25-20(28-12-19-29-17(14-31-19)21(22,23)24)27-11-16-8-9-26-18(10-16)30-13-15-6-4-3-5-7-15;/h3-10,14H,2,11-13H2,1H3,(H2,25,27,28);1H. The topological polar surface area (TPSA) is 71.4 Å². The van der Waals surface area contributed by atoms with Crippen molar-refractivity contribution in [2.45, 2.75) is 32.8 Å². The van der Waals surface area contributed by atoms with Crippen LogP contribution in [0.15, 0.2) is 59.0 Å². The summed E-state index contributed by atoms with van der Waals surface area (Å²) in [6.07, 6.45) is -2.78. The smallest absolute Gasteiger partial charge is 0.434 e. The fourth-order valence-corrected chi connectivity index (χ4v) is 3.29. The highest BCUT2D eigenvalue weighted by molar-refractivity contribution is 14.0. The number of aromatic nitrogens is 2. The van der Waals surface area contributed by atoms with E-state index in [1.165, 1.54) is 0 Å². The summed E-state index contributed by atoms with van der Waals surface area (Å²) < 4.78 is 43.8. The van der Waals surface area contributed by atoms with Gasteiger partial charge in [-0.1, -0.05) is 30.3 Å². The molecule has 2 N–H and O–H groups in total. The Hall–Kier alpha value is -2.41. The van der Waals surface area contributed by atoms with Gasteiger partial charge in [0.15, 0.2) is 11.7 Å². The molecule has 0 amide bonds. The van der Waals surface area contributed by atoms with Crippen molar-refractivity contribution >= 4 is 41.3 Å². The molecule has 0 aliphatic rings. The molecule has 0 bridgehead atoms. The SMILES string of the molecule is CCNC(=NCc1ccnc(OCc2ccccc2)c1)NCc1nc(C(F)(F)F)cs1.I. The molecular formula is C21H23F3IN5OS. The van der Waals surface area contributed by atoms with Crippen LogP contribution in [0.3, 0.4) is 0 Å². The van der Waals surface area contributed by atoms with Gasteiger partial charge in [-0.05, 0) is 24.1 Å². The number of hydrogen-bond donors (Lipinski definition) is 2. The number of ether oxygens (including phenoxy) is 1. The van der Waals surface area contributed by atoms with Gasteiger partial charge in [-0.3, -0.25) is 0 Å². The van der Waals surface area contributed by atoms with Crippen molar-refractivity contribution in [3.05, 3.63) is 75.9 Å². The molecule has 0 unspecified atom stereocenters. The Labute approximate surface area is 205 Å². The maximum atomic E-state index is 12.7. The highest BCUT2D eigenvalue weighted by atomic mass is 127. The lowest BCUT2D eigenvalue weighted by molar-refractivity contribution is -0.140. The number of nitrogens with one attached hydrogen (secondary N) is 2. The van der Waals surface area contributed by atoms with E-state index < -0.39 is 11.9 Å². The van der Waals surface area contributed by atoms with Crippen molar-refractivity contribution in [2.75, 3.05) is 6.54 Å². The number of pyridine rings is 1. The number of halogens is 4. The molecular weight excluding hydrogens is 554 g/mol. The fourth-order valence-electron chi connectivity index (χ4n) is 2.55. The van der Waals surface area contributed by atoms with E-state index in [9.17, 15) is 13.2 Å². The van der Waals surface area contributed by atoms with Gasteiger partial charge in [0, 0.05) is 24.2 Å². The Morgan fingerprint density at radius 1 is 1.12 bits per heavy atom. The highest BCUT2D eigenvalue weighted by Crippen LogP contribution is 2.29. The largest absolute Gasteiger partial charge is 0.473 e. The van der Waals surface area contributed by atoms with Gasteiger partial charge in [-0.25, -0.2) is 15.0 Å². The molecule has 2 aromatic heterocycles. The molecule has 11 heteroatoms. The number of hydrogen-bond acceptors (Lipinski definition) is 5. The minimum absolute atomic E-state index is 0. The maximum Gasteiger partial charge on any atom is 0.434 e. The van der Waals surface area contributed by atoms with Crippen molar-refractivity contribution in [3.63, 3.8) is 0 Å². The van der Waals surface area contributed by atoms with Gasteiger partial charge in [0.1, 0.15) is 11.6 Å².